The number of anilines is 1. The van der Waals surface area contributed by atoms with Gasteiger partial charge in [-0.05, 0) is 66.6 Å². The molecule has 0 radical (unpaired) electrons. The van der Waals surface area contributed by atoms with Crippen molar-refractivity contribution in [3.63, 3.8) is 0 Å². The third-order valence-corrected chi connectivity index (χ3v) is 5.17. The van der Waals surface area contributed by atoms with Gasteiger partial charge < -0.3 is 10.6 Å². The van der Waals surface area contributed by atoms with Gasteiger partial charge in [-0.2, -0.15) is 0 Å². The molecule has 2 atom stereocenters. The molecule has 2 N–H and O–H groups in total. The summed E-state index contributed by atoms with van der Waals surface area (Å²) in [6, 6.07) is 5.03. The molecule has 1 amide bonds. The van der Waals surface area contributed by atoms with Crippen LogP contribution < -0.4 is 10.6 Å². The van der Waals surface area contributed by atoms with Crippen LogP contribution in [-0.2, 0) is 4.79 Å². The minimum absolute atomic E-state index is 0.0884. The molecular weight excluding hydrogens is 318 g/mol. The Morgan fingerprint density at radius 1 is 1.40 bits per heavy atom. The van der Waals surface area contributed by atoms with E-state index in [9.17, 15) is 4.79 Å². The first-order valence-corrected chi connectivity index (χ1v) is 8.08. The number of hydrogen-bond acceptors (Lipinski definition) is 3. The highest BCUT2D eigenvalue weighted by atomic mass is 79.9. The second-order valence-electron chi connectivity index (χ2n) is 5.99. The molecule has 20 heavy (non-hydrogen) atoms. The zero-order chi connectivity index (χ0) is 14.1. The highest BCUT2D eigenvalue weighted by Gasteiger charge is 2.34. The zero-order valence-corrected chi connectivity index (χ0v) is 13.2. The minimum atomic E-state index is 0.0884. The molecule has 2 aliphatic heterocycles. The van der Waals surface area contributed by atoms with Crippen molar-refractivity contribution in [1.82, 2.24) is 10.3 Å². The average Bonchev–Trinajstić information content (AvgIpc) is 2.73. The largest absolute Gasteiger partial charge is 0.311 e. The lowest BCUT2D eigenvalue weighted by Crippen LogP contribution is -2.39. The van der Waals surface area contributed by atoms with Crippen LogP contribution >= 0.6 is 15.9 Å². The van der Waals surface area contributed by atoms with Crippen LogP contribution in [0, 0.1) is 12.8 Å². The summed E-state index contributed by atoms with van der Waals surface area (Å²) >= 11 is 3.41. The number of piperidine rings is 1. The molecule has 0 aliphatic carbocycles. The molecule has 1 aromatic heterocycles. The van der Waals surface area contributed by atoms with Gasteiger partial charge in [0.1, 0.15) is 5.82 Å². The molecule has 2 bridgehead atoms. The van der Waals surface area contributed by atoms with E-state index in [-0.39, 0.29) is 5.91 Å². The van der Waals surface area contributed by atoms with Gasteiger partial charge in [-0.1, -0.05) is 0 Å². The molecule has 1 aromatic rings. The molecule has 2 aliphatic rings. The molecule has 108 valence electrons. The lowest BCUT2D eigenvalue weighted by Gasteiger charge is -2.28. The number of pyridine rings is 1. The van der Waals surface area contributed by atoms with Gasteiger partial charge in [0.15, 0.2) is 0 Å². The number of amides is 1. The van der Waals surface area contributed by atoms with Crippen molar-refractivity contribution in [2.75, 3.05) is 5.32 Å². The Morgan fingerprint density at radius 3 is 2.75 bits per heavy atom. The number of aromatic nitrogens is 1. The van der Waals surface area contributed by atoms with Crippen molar-refractivity contribution in [3.05, 3.63) is 22.3 Å². The number of nitrogens with one attached hydrogen (secondary N) is 2. The van der Waals surface area contributed by atoms with Crippen LogP contribution in [-0.4, -0.2) is 23.0 Å². The number of rotatable bonds is 3. The Morgan fingerprint density at radius 2 is 2.10 bits per heavy atom. The Balaban J connectivity index is 1.55. The summed E-state index contributed by atoms with van der Waals surface area (Å²) in [5.74, 6) is 1.25. The summed E-state index contributed by atoms with van der Waals surface area (Å²) in [7, 11) is 0. The van der Waals surface area contributed by atoms with Crippen molar-refractivity contribution in [2.24, 2.45) is 5.92 Å². The van der Waals surface area contributed by atoms with Crippen molar-refractivity contribution in [1.29, 1.82) is 0 Å². The third kappa shape index (κ3) is 3.20. The summed E-state index contributed by atoms with van der Waals surface area (Å²) < 4.78 is 0.963. The van der Waals surface area contributed by atoms with Gasteiger partial charge in [-0.25, -0.2) is 4.98 Å². The fourth-order valence-electron chi connectivity index (χ4n) is 3.41. The van der Waals surface area contributed by atoms with Gasteiger partial charge in [-0.3, -0.25) is 4.79 Å². The summed E-state index contributed by atoms with van der Waals surface area (Å²) in [4.78, 5) is 16.5. The molecule has 0 saturated carbocycles. The number of aryl methyl sites for hydroxylation is 1. The predicted octanol–water partition coefficient (Wildman–Crippen LogP) is 3.01. The maximum atomic E-state index is 12.1. The molecule has 2 saturated heterocycles. The number of fused-ring (bicyclic) bond motifs is 2. The van der Waals surface area contributed by atoms with Gasteiger partial charge in [0.05, 0.1) is 5.69 Å². The first kappa shape index (κ1) is 14.0. The molecule has 2 fully saturated rings. The Hall–Kier alpha value is -0.940. The van der Waals surface area contributed by atoms with Crippen LogP contribution in [0.1, 0.15) is 37.8 Å². The fourth-order valence-corrected chi connectivity index (χ4v) is 3.63. The van der Waals surface area contributed by atoms with Gasteiger partial charge in [0.25, 0.3) is 0 Å². The SMILES string of the molecule is Cc1nc(NC(=O)CC2CC3CCC(C2)N3)ccc1Br. The highest BCUT2D eigenvalue weighted by Crippen LogP contribution is 2.32. The fraction of sp³-hybridized carbons (Fsp3) is 0.600. The number of hydrogen-bond donors (Lipinski definition) is 2. The predicted molar refractivity (Wildman–Crippen MR) is 82.6 cm³/mol. The summed E-state index contributed by atoms with van der Waals surface area (Å²) in [5.41, 5.74) is 0.891. The molecule has 3 heterocycles. The maximum Gasteiger partial charge on any atom is 0.225 e. The number of carbonyl (C=O) groups excluding carboxylic acids is 1. The van der Waals surface area contributed by atoms with E-state index in [1.807, 2.05) is 19.1 Å². The van der Waals surface area contributed by atoms with E-state index < -0.39 is 0 Å². The zero-order valence-electron chi connectivity index (χ0n) is 11.7. The van der Waals surface area contributed by atoms with Crippen molar-refractivity contribution >= 4 is 27.7 Å². The topological polar surface area (TPSA) is 54.0 Å². The van der Waals surface area contributed by atoms with Gasteiger partial charge in [0.2, 0.25) is 5.91 Å². The molecule has 2 unspecified atom stereocenters. The molecule has 4 nitrogen and oxygen atoms in total. The van der Waals surface area contributed by atoms with E-state index in [1.54, 1.807) is 0 Å². The number of carbonyl (C=O) groups is 1. The van der Waals surface area contributed by atoms with Gasteiger partial charge in [0, 0.05) is 23.0 Å². The average molecular weight is 338 g/mol. The van der Waals surface area contributed by atoms with Crippen LogP contribution in [0.25, 0.3) is 0 Å². The van der Waals surface area contributed by atoms with E-state index >= 15 is 0 Å². The number of halogens is 1. The summed E-state index contributed by atoms with van der Waals surface area (Å²) in [6.45, 7) is 1.92. The molecule has 3 rings (SSSR count). The molecule has 0 aromatic carbocycles. The van der Waals surface area contributed by atoms with Crippen LogP contribution in [0.4, 0.5) is 5.82 Å². The van der Waals surface area contributed by atoms with Gasteiger partial charge >= 0.3 is 0 Å². The smallest absolute Gasteiger partial charge is 0.225 e. The van der Waals surface area contributed by atoms with Crippen LogP contribution in [0.3, 0.4) is 0 Å². The monoisotopic (exact) mass is 337 g/mol. The normalized spacial score (nSPS) is 28.4. The van der Waals surface area contributed by atoms with Gasteiger partial charge in [-0.15, -0.1) is 0 Å². The Bertz CT molecular complexity index is 508. The van der Waals surface area contributed by atoms with E-state index in [1.165, 1.54) is 12.8 Å². The summed E-state index contributed by atoms with van der Waals surface area (Å²) in [6.07, 6.45) is 5.44. The van der Waals surface area contributed by atoms with Crippen molar-refractivity contribution < 1.29 is 4.79 Å². The number of nitrogens with zero attached hydrogens (tertiary/aromatic N) is 1. The Kier molecular flexibility index (Phi) is 4.08. The molecular formula is C15H20BrN3O. The van der Waals surface area contributed by atoms with Crippen LogP contribution in [0.2, 0.25) is 0 Å². The standard InChI is InChI=1S/C15H20BrN3O/c1-9-13(16)4-5-14(17-9)19-15(20)8-10-6-11-2-3-12(7-10)18-11/h4-5,10-12,18H,2-3,6-8H2,1H3,(H,17,19,20). The van der Waals surface area contributed by atoms with Crippen LogP contribution in [0.15, 0.2) is 16.6 Å². The molecule has 5 heteroatoms. The first-order valence-electron chi connectivity index (χ1n) is 7.29. The van der Waals surface area contributed by atoms with E-state index in [0.717, 1.165) is 23.0 Å². The van der Waals surface area contributed by atoms with Crippen LogP contribution in [0.5, 0.6) is 0 Å². The van der Waals surface area contributed by atoms with E-state index in [0.29, 0.717) is 30.2 Å². The maximum absolute atomic E-state index is 12.1. The van der Waals surface area contributed by atoms with Crippen molar-refractivity contribution in [2.45, 2.75) is 51.1 Å². The quantitative estimate of drug-likeness (QED) is 0.891. The second kappa shape index (κ2) is 5.82. The van der Waals surface area contributed by atoms with E-state index in [4.69, 9.17) is 0 Å². The summed E-state index contributed by atoms with van der Waals surface area (Å²) in [5, 5.41) is 6.52. The lowest BCUT2D eigenvalue weighted by atomic mass is 9.89. The van der Waals surface area contributed by atoms with E-state index in [2.05, 4.69) is 31.5 Å². The third-order valence-electron chi connectivity index (χ3n) is 4.33. The van der Waals surface area contributed by atoms with Crippen molar-refractivity contribution in [3.8, 4) is 0 Å². The molecule has 0 spiro atoms. The first-order chi connectivity index (χ1) is 9.60. The highest BCUT2D eigenvalue weighted by molar-refractivity contribution is 9.10. The Labute approximate surface area is 127 Å². The lowest BCUT2D eigenvalue weighted by molar-refractivity contribution is -0.117. The minimum Gasteiger partial charge on any atom is -0.311 e. The second-order valence-corrected chi connectivity index (χ2v) is 6.85.